The molecule has 0 bridgehead atoms. The zero-order valence-corrected chi connectivity index (χ0v) is 11.7. The summed E-state index contributed by atoms with van der Waals surface area (Å²) in [5, 5.41) is 6.19. The van der Waals surface area contributed by atoms with Crippen LogP contribution in [0.1, 0.15) is 20.3 Å². The van der Waals surface area contributed by atoms with Gasteiger partial charge in [0.1, 0.15) is 0 Å². The Morgan fingerprint density at radius 3 is 2.61 bits per heavy atom. The molecule has 1 unspecified atom stereocenters. The van der Waals surface area contributed by atoms with Gasteiger partial charge >= 0.3 is 0 Å². The van der Waals surface area contributed by atoms with Crippen molar-refractivity contribution in [2.75, 3.05) is 30.9 Å². The minimum absolute atomic E-state index is 0.0396. The lowest BCUT2D eigenvalue weighted by atomic mass is 10.2. The van der Waals surface area contributed by atoms with Crippen molar-refractivity contribution in [2.24, 2.45) is 0 Å². The van der Waals surface area contributed by atoms with Gasteiger partial charge in [0, 0.05) is 26.6 Å². The average molecular weight is 249 g/mol. The molecule has 0 aliphatic carbocycles. The summed E-state index contributed by atoms with van der Waals surface area (Å²) >= 11 is 0. The molecule has 0 fully saturated rings. The van der Waals surface area contributed by atoms with Crippen LogP contribution < -0.4 is 15.5 Å². The maximum Gasteiger partial charge on any atom is 0.225 e. The Morgan fingerprint density at radius 1 is 1.33 bits per heavy atom. The third kappa shape index (κ3) is 4.37. The Morgan fingerprint density at radius 2 is 2.00 bits per heavy atom. The number of benzene rings is 1. The molecule has 4 nitrogen and oxygen atoms in total. The van der Waals surface area contributed by atoms with E-state index in [0.29, 0.717) is 6.42 Å². The van der Waals surface area contributed by atoms with Gasteiger partial charge in [0.05, 0.1) is 11.4 Å². The zero-order chi connectivity index (χ0) is 13.5. The number of para-hydroxylation sites is 2. The smallest absolute Gasteiger partial charge is 0.225 e. The van der Waals surface area contributed by atoms with Crippen LogP contribution in [0.2, 0.25) is 0 Å². The molecule has 1 atom stereocenters. The van der Waals surface area contributed by atoms with E-state index < -0.39 is 0 Å². The van der Waals surface area contributed by atoms with Gasteiger partial charge in [0.25, 0.3) is 0 Å². The fourth-order valence-corrected chi connectivity index (χ4v) is 1.87. The molecule has 100 valence electrons. The fourth-order valence-electron chi connectivity index (χ4n) is 1.87. The molecular formula is C14H23N3O. The van der Waals surface area contributed by atoms with E-state index in [0.717, 1.165) is 17.9 Å². The van der Waals surface area contributed by atoms with Gasteiger partial charge in [-0.25, -0.2) is 0 Å². The molecule has 0 aromatic heterocycles. The van der Waals surface area contributed by atoms with Gasteiger partial charge in [-0.2, -0.15) is 0 Å². The van der Waals surface area contributed by atoms with Crippen molar-refractivity contribution in [3.8, 4) is 0 Å². The lowest BCUT2D eigenvalue weighted by Crippen LogP contribution is -2.30. The summed E-state index contributed by atoms with van der Waals surface area (Å²) in [7, 11) is 3.93. The van der Waals surface area contributed by atoms with Crippen LogP contribution in [0.3, 0.4) is 0 Å². The number of anilines is 2. The largest absolute Gasteiger partial charge is 0.376 e. The number of carbonyl (C=O) groups is 1. The average Bonchev–Trinajstić information content (AvgIpc) is 2.29. The molecule has 0 saturated heterocycles. The maximum atomic E-state index is 11.9. The first-order valence-corrected chi connectivity index (χ1v) is 6.34. The van der Waals surface area contributed by atoms with Crippen LogP contribution in [0.5, 0.6) is 0 Å². The van der Waals surface area contributed by atoms with Crippen molar-refractivity contribution in [1.29, 1.82) is 0 Å². The van der Waals surface area contributed by atoms with Gasteiger partial charge < -0.3 is 15.5 Å². The molecule has 2 N–H and O–H groups in total. The van der Waals surface area contributed by atoms with Gasteiger partial charge in [0.15, 0.2) is 0 Å². The number of amides is 1. The van der Waals surface area contributed by atoms with E-state index in [2.05, 4.69) is 10.6 Å². The first kappa shape index (κ1) is 14.5. The van der Waals surface area contributed by atoms with Crippen LogP contribution in [0.15, 0.2) is 24.3 Å². The summed E-state index contributed by atoms with van der Waals surface area (Å²) in [6, 6.07) is 8.00. The molecular weight excluding hydrogens is 226 g/mol. The van der Waals surface area contributed by atoms with Crippen LogP contribution in [0, 0.1) is 0 Å². The van der Waals surface area contributed by atoms with Crippen molar-refractivity contribution in [3.63, 3.8) is 0 Å². The van der Waals surface area contributed by atoms with Gasteiger partial charge in [-0.15, -0.1) is 0 Å². The number of hydrogen-bond acceptors (Lipinski definition) is 3. The summed E-state index contributed by atoms with van der Waals surface area (Å²) in [5.41, 5.74) is 1.87. The first-order chi connectivity index (χ1) is 8.54. The second-order valence-corrected chi connectivity index (χ2v) is 4.62. The fraction of sp³-hybridized carbons (Fsp3) is 0.500. The highest BCUT2D eigenvalue weighted by Crippen LogP contribution is 2.23. The number of rotatable bonds is 6. The van der Waals surface area contributed by atoms with E-state index in [-0.39, 0.29) is 11.9 Å². The molecule has 0 radical (unpaired) electrons. The molecule has 1 amide bonds. The number of nitrogens with zero attached hydrogens (tertiary/aromatic N) is 1. The highest BCUT2D eigenvalue weighted by Gasteiger charge is 2.10. The number of hydrogen-bond donors (Lipinski definition) is 2. The second-order valence-electron chi connectivity index (χ2n) is 4.62. The Labute approximate surface area is 109 Å². The van der Waals surface area contributed by atoms with Crippen LogP contribution >= 0.6 is 0 Å². The van der Waals surface area contributed by atoms with Crippen LogP contribution in [-0.2, 0) is 4.79 Å². The summed E-state index contributed by atoms with van der Waals surface area (Å²) in [6.07, 6.45) is 0.482. The molecule has 1 aromatic rings. The van der Waals surface area contributed by atoms with Crippen molar-refractivity contribution >= 4 is 17.3 Å². The molecule has 1 aromatic carbocycles. The van der Waals surface area contributed by atoms with Crippen LogP contribution in [0.4, 0.5) is 11.4 Å². The number of carbonyl (C=O) groups excluding carboxylic acids is 1. The third-order valence-corrected chi connectivity index (χ3v) is 2.70. The van der Waals surface area contributed by atoms with Gasteiger partial charge in [0.2, 0.25) is 5.91 Å². The Balaban J connectivity index is 2.64. The Hall–Kier alpha value is -1.55. The van der Waals surface area contributed by atoms with E-state index in [1.54, 1.807) is 0 Å². The van der Waals surface area contributed by atoms with Crippen molar-refractivity contribution in [2.45, 2.75) is 26.3 Å². The highest BCUT2D eigenvalue weighted by atomic mass is 16.1. The molecule has 0 aliphatic rings. The molecule has 4 heteroatoms. The van der Waals surface area contributed by atoms with E-state index in [4.69, 9.17) is 0 Å². The molecule has 18 heavy (non-hydrogen) atoms. The molecule has 1 rings (SSSR count). The van der Waals surface area contributed by atoms with Gasteiger partial charge in [-0.3, -0.25) is 4.79 Å². The predicted molar refractivity (Wildman–Crippen MR) is 77.2 cm³/mol. The summed E-state index contributed by atoms with van der Waals surface area (Å²) in [6.45, 7) is 4.93. The second kappa shape index (κ2) is 7.01. The predicted octanol–water partition coefficient (Wildman–Crippen LogP) is 2.08. The van der Waals surface area contributed by atoms with Crippen molar-refractivity contribution in [3.05, 3.63) is 24.3 Å². The van der Waals surface area contributed by atoms with Crippen molar-refractivity contribution < 1.29 is 4.79 Å². The standard InChI is InChI=1S/C14H23N3O/c1-5-15-11(2)10-14(18)16-12-8-6-7-9-13(12)17(3)4/h6-9,11,15H,5,10H2,1-4H3,(H,16,18). The van der Waals surface area contributed by atoms with Gasteiger partial charge in [-0.05, 0) is 25.6 Å². The van der Waals surface area contributed by atoms with E-state index in [1.165, 1.54) is 0 Å². The molecule has 0 aliphatic heterocycles. The van der Waals surface area contributed by atoms with E-state index in [1.807, 2.05) is 57.1 Å². The topological polar surface area (TPSA) is 44.4 Å². The number of nitrogens with one attached hydrogen (secondary N) is 2. The normalized spacial score (nSPS) is 12.0. The van der Waals surface area contributed by atoms with E-state index >= 15 is 0 Å². The lowest BCUT2D eigenvalue weighted by molar-refractivity contribution is -0.116. The zero-order valence-electron chi connectivity index (χ0n) is 11.7. The Kier molecular flexibility index (Phi) is 5.65. The molecule has 0 heterocycles. The first-order valence-electron chi connectivity index (χ1n) is 6.34. The molecule has 0 saturated carbocycles. The monoisotopic (exact) mass is 249 g/mol. The quantitative estimate of drug-likeness (QED) is 0.811. The minimum atomic E-state index is 0.0396. The minimum Gasteiger partial charge on any atom is -0.376 e. The van der Waals surface area contributed by atoms with Crippen LogP contribution in [0.25, 0.3) is 0 Å². The van der Waals surface area contributed by atoms with Gasteiger partial charge in [-0.1, -0.05) is 19.1 Å². The lowest BCUT2D eigenvalue weighted by Gasteiger charge is -2.18. The SMILES string of the molecule is CCNC(C)CC(=O)Nc1ccccc1N(C)C. The van der Waals surface area contributed by atoms with E-state index in [9.17, 15) is 4.79 Å². The third-order valence-electron chi connectivity index (χ3n) is 2.70. The summed E-state index contributed by atoms with van der Waals surface area (Å²) < 4.78 is 0. The van der Waals surface area contributed by atoms with Crippen molar-refractivity contribution in [1.82, 2.24) is 5.32 Å². The highest BCUT2D eigenvalue weighted by molar-refractivity contribution is 5.94. The summed E-state index contributed by atoms with van der Waals surface area (Å²) in [4.78, 5) is 13.9. The summed E-state index contributed by atoms with van der Waals surface area (Å²) in [5.74, 6) is 0.0396. The molecule has 0 spiro atoms. The Bertz CT molecular complexity index is 390. The maximum absolute atomic E-state index is 11.9. The van der Waals surface area contributed by atoms with Crippen LogP contribution in [-0.4, -0.2) is 32.6 Å².